The molecule has 6 heteroatoms. The van der Waals surface area contributed by atoms with E-state index in [1.165, 1.54) is 0 Å². The molecule has 26 heavy (non-hydrogen) atoms. The van der Waals surface area contributed by atoms with Gasteiger partial charge in [-0.1, -0.05) is 45.7 Å². The van der Waals surface area contributed by atoms with Crippen LogP contribution < -0.4 is 10.6 Å². The molecule has 1 saturated carbocycles. The Bertz CT molecular complexity index is 668. The van der Waals surface area contributed by atoms with E-state index in [2.05, 4.69) is 31.4 Å². The molecule has 2 amide bonds. The molecule has 6 nitrogen and oxygen atoms in total. The lowest BCUT2D eigenvalue weighted by Crippen LogP contribution is -2.51. The second kappa shape index (κ2) is 7.89. The van der Waals surface area contributed by atoms with Gasteiger partial charge in [-0.3, -0.25) is 14.4 Å². The summed E-state index contributed by atoms with van der Waals surface area (Å²) in [6.07, 6.45) is 3.04. The minimum atomic E-state index is -0.921. The molecule has 3 N–H and O–H groups in total. The number of benzene rings is 1. The van der Waals surface area contributed by atoms with E-state index in [4.69, 9.17) is 5.11 Å². The van der Waals surface area contributed by atoms with Crippen molar-refractivity contribution in [2.45, 2.75) is 63.8 Å². The average Bonchev–Trinajstić information content (AvgIpc) is 2.99. The zero-order chi connectivity index (χ0) is 19.4. The third-order valence-electron chi connectivity index (χ3n) is 4.88. The van der Waals surface area contributed by atoms with E-state index in [-0.39, 0.29) is 30.2 Å². The molecular weight excluding hydrogens is 332 g/mol. The molecule has 0 atom stereocenters. The van der Waals surface area contributed by atoms with Crippen molar-refractivity contribution >= 4 is 17.8 Å². The first kappa shape index (κ1) is 19.9. The normalized spacial score (nSPS) is 16.1. The van der Waals surface area contributed by atoms with E-state index in [1.807, 2.05) is 12.1 Å². The molecule has 2 rings (SSSR count). The second-order valence-electron chi connectivity index (χ2n) is 8.12. The summed E-state index contributed by atoms with van der Waals surface area (Å²) in [5, 5.41) is 14.5. The van der Waals surface area contributed by atoms with Crippen molar-refractivity contribution in [2.24, 2.45) is 0 Å². The minimum Gasteiger partial charge on any atom is -0.481 e. The summed E-state index contributed by atoms with van der Waals surface area (Å²) in [6, 6.07) is 7.32. The number of rotatable bonds is 6. The molecule has 1 aromatic carbocycles. The van der Waals surface area contributed by atoms with Crippen LogP contribution in [0.5, 0.6) is 0 Å². The highest BCUT2D eigenvalue weighted by Gasteiger charge is 2.37. The second-order valence-corrected chi connectivity index (χ2v) is 8.12. The molecule has 1 aliphatic rings. The van der Waals surface area contributed by atoms with Crippen LogP contribution in [-0.4, -0.2) is 35.0 Å². The maximum Gasteiger partial charge on any atom is 0.305 e. The van der Waals surface area contributed by atoms with Crippen LogP contribution >= 0.6 is 0 Å². The Balaban J connectivity index is 1.90. The number of amides is 2. The monoisotopic (exact) mass is 360 g/mol. The van der Waals surface area contributed by atoms with Gasteiger partial charge in [0, 0.05) is 5.56 Å². The molecule has 1 fully saturated rings. The molecule has 0 unspecified atom stereocenters. The summed E-state index contributed by atoms with van der Waals surface area (Å²) >= 11 is 0. The number of nitrogens with one attached hydrogen (secondary N) is 2. The fourth-order valence-corrected chi connectivity index (χ4v) is 3.41. The zero-order valence-electron chi connectivity index (χ0n) is 15.7. The number of carboxylic acid groups (broad SMARTS) is 1. The number of hydrogen-bond acceptors (Lipinski definition) is 3. The maximum absolute atomic E-state index is 12.2. The number of aliphatic carboxylic acids is 1. The Morgan fingerprint density at radius 2 is 1.65 bits per heavy atom. The summed E-state index contributed by atoms with van der Waals surface area (Å²) in [7, 11) is 0. The van der Waals surface area contributed by atoms with E-state index in [0.29, 0.717) is 18.4 Å². The molecular formula is C20H28N2O4. The van der Waals surface area contributed by atoms with Gasteiger partial charge in [0.2, 0.25) is 5.91 Å². The van der Waals surface area contributed by atoms with E-state index < -0.39 is 11.5 Å². The summed E-state index contributed by atoms with van der Waals surface area (Å²) in [4.78, 5) is 35.5. The topological polar surface area (TPSA) is 95.5 Å². The fraction of sp³-hybridized carbons (Fsp3) is 0.550. The lowest BCUT2D eigenvalue weighted by atomic mass is 9.87. The predicted octanol–water partition coefficient (Wildman–Crippen LogP) is 2.62. The quantitative estimate of drug-likeness (QED) is 0.727. The van der Waals surface area contributed by atoms with Crippen LogP contribution in [0.2, 0.25) is 0 Å². The van der Waals surface area contributed by atoms with Crippen molar-refractivity contribution in [3.63, 3.8) is 0 Å². The highest BCUT2D eigenvalue weighted by atomic mass is 16.4. The first-order valence-electron chi connectivity index (χ1n) is 9.03. The van der Waals surface area contributed by atoms with E-state index in [9.17, 15) is 14.4 Å². The van der Waals surface area contributed by atoms with Gasteiger partial charge in [-0.05, 0) is 36.0 Å². The predicted molar refractivity (Wildman–Crippen MR) is 99.1 cm³/mol. The first-order valence-corrected chi connectivity index (χ1v) is 9.03. The molecule has 0 saturated heterocycles. The Labute approximate surface area is 154 Å². The van der Waals surface area contributed by atoms with Gasteiger partial charge in [0.1, 0.15) is 0 Å². The Hall–Kier alpha value is -2.37. The highest BCUT2D eigenvalue weighted by Crippen LogP contribution is 2.32. The molecule has 0 spiro atoms. The lowest BCUT2D eigenvalue weighted by Gasteiger charge is -2.28. The van der Waals surface area contributed by atoms with Crippen LogP contribution in [0.15, 0.2) is 24.3 Å². The van der Waals surface area contributed by atoms with E-state index in [0.717, 1.165) is 18.4 Å². The fourth-order valence-electron chi connectivity index (χ4n) is 3.41. The van der Waals surface area contributed by atoms with Crippen molar-refractivity contribution in [2.75, 3.05) is 6.54 Å². The third-order valence-corrected chi connectivity index (χ3v) is 4.88. The van der Waals surface area contributed by atoms with Gasteiger partial charge >= 0.3 is 5.97 Å². The first-order chi connectivity index (χ1) is 12.1. The molecule has 1 aliphatic carbocycles. The van der Waals surface area contributed by atoms with E-state index >= 15 is 0 Å². The van der Waals surface area contributed by atoms with Gasteiger partial charge in [0.25, 0.3) is 5.91 Å². The van der Waals surface area contributed by atoms with Gasteiger partial charge < -0.3 is 15.7 Å². The SMILES string of the molecule is CC(C)(C)c1ccc(C(=O)NCC(=O)NC2(CC(=O)O)CCCC2)cc1. The zero-order valence-corrected chi connectivity index (χ0v) is 15.7. The summed E-state index contributed by atoms with van der Waals surface area (Å²) in [6.45, 7) is 6.13. The Morgan fingerprint density at radius 3 is 2.15 bits per heavy atom. The number of carboxylic acids is 1. The van der Waals surface area contributed by atoms with Gasteiger partial charge in [0.05, 0.1) is 18.5 Å². The molecule has 142 valence electrons. The summed E-state index contributed by atoms with van der Waals surface area (Å²) in [5.74, 6) is -1.60. The van der Waals surface area contributed by atoms with Crippen molar-refractivity contribution < 1.29 is 19.5 Å². The number of carbonyl (C=O) groups is 3. The van der Waals surface area contributed by atoms with Crippen LogP contribution in [-0.2, 0) is 15.0 Å². The molecule has 0 heterocycles. The van der Waals surface area contributed by atoms with Gasteiger partial charge in [-0.15, -0.1) is 0 Å². The maximum atomic E-state index is 12.2. The van der Waals surface area contributed by atoms with Crippen LogP contribution in [0.25, 0.3) is 0 Å². The van der Waals surface area contributed by atoms with Crippen molar-refractivity contribution in [1.29, 1.82) is 0 Å². The highest BCUT2D eigenvalue weighted by molar-refractivity contribution is 5.96. The van der Waals surface area contributed by atoms with E-state index in [1.54, 1.807) is 12.1 Å². The number of carbonyl (C=O) groups excluding carboxylic acids is 2. The average molecular weight is 360 g/mol. The molecule has 1 aromatic rings. The summed E-state index contributed by atoms with van der Waals surface area (Å²) in [5.41, 5.74) is 0.951. The Morgan fingerprint density at radius 1 is 1.08 bits per heavy atom. The van der Waals surface area contributed by atoms with Crippen LogP contribution in [0.4, 0.5) is 0 Å². The van der Waals surface area contributed by atoms with Gasteiger partial charge in [-0.25, -0.2) is 0 Å². The molecule has 0 aliphatic heterocycles. The van der Waals surface area contributed by atoms with Crippen LogP contribution in [0.1, 0.15) is 68.8 Å². The minimum absolute atomic E-state index is 0.00856. The van der Waals surface area contributed by atoms with Crippen LogP contribution in [0, 0.1) is 0 Å². The van der Waals surface area contributed by atoms with Crippen molar-refractivity contribution in [1.82, 2.24) is 10.6 Å². The van der Waals surface area contributed by atoms with Crippen LogP contribution in [0.3, 0.4) is 0 Å². The number of hydrogen-bond donors (Lipinski definition) is 3. The smallest absolute Gasteiger partial charge is 0.305 e. The Kier molecular flexibility index (Phi) is 6.05. The van der Waals surface area contributed by atoms with Gasteiger partial charge in [0.15, 0.2) is 0 Å². The largest absolute Gasteiger partial charge is 0.481 e. The lowest BCUT2D eigenvalue weighted by molar-refractivity contribution is -0.139. The molecule has 0 bridgehead atoms. The summed E-state index contributed by atoms with van der Waals surface area (Å²) < 4.78 is 0. The third kappa shape index (κ3) is 5.31. The van der Waals surface area contributed by atoms with Crippen molar-refractivity contribution in [3.8, 4) is 0 Å². The molecule has 0 aromatic heterocycles. The van der Waals surface area contributed by atoms with Crippen molar-refractivity contribution in [3.05, 3.63) is 35.4 Å². The standard InChI is InChI=1S/C20H28N2O4/c1-19(2,3)15-8-6-14(7-9-15)18(26)21-13-16(23)22-20(12-17(24)25)10-4-5-11-20/h6-9H,4-5,10-13H2,1-3H3,(H,21,26)(H,22,23)(H,24,25). The van der Waals surface area contributed by atoms with Gasteiger partial charge in [-0.2, -0.15) is 0 Å². The molecule has 0 radical (unpaired) electrons.